The highest BCUT2D eigenvalue weighted by molar-refractivity contribution is 8.00. The molecular formula is C17H23N3OS. The number of aromatic nitrogens is 2. The molecule has 22 heavy (non-hydrogen) atoms. The summed E-state index contributed by atoms with van der Waals surface area (Å²) >= 11 is 1.49. The molecule has 0 aliphatic carbocycles. The van der Waals surface area contributed by atoms with Gasteiger partial charge in [0.25, 0.3) is 0 Å². The molecule has 4 nitrogen and oxygen atoms in total. The van der Waals surface area contributed by atoms with Gasteiger partial charge in [-0.15, -0.1) is 0 Å². The lowest BCUT2D eigenvalue weighted by molar-refractivity contribution is -0.127. The van der Waals surface area contributed by atoms with Crippen molar-refractivity contribution in [2.75, 3.05) is 14.1 Å². The summed E-state index contributed by atoms with van der Waals surface area (Å²) in [5, 5.41) is 0.679. The topological polar surface area (TPSA) is 38.1 Å². The maximum Gasteiger partial charge on any atom is 0.235 e. The van der Waals surface area contributed by atoms with E-state index in [0.29, 0.717) is 5.92 Å². The summed E-state index contributed by atoms with van der Waals surface area (Å²) in [4.78, 5) is 18.1. The largest absolute Gasteiger partial charge is 0.348 e. The maximum atomic E-state index is 12.1. The number of rotatable bonds is 5. The Morgan fingerprint density at radius 1 is 1.23 bits per heavy atom. The minimum atomic E-state index is -0.164. The molecule has 0 N–H and O–H groups in total. The van der Waals surface area contributed by atoms with E-state index >= 15 is 0 Å². The number of imidazole rings is 1. The predicted octanol–water partition coefficient (Wildman–Crippen LogP) is 3.56. The van der Waals surface area contributed by atoms with Gasteiger partial charge in [0.05, 0.1) is 10.9 Å². The van der Waals surface area contributed by atoms with E-state index in [-0.39, 0.29) is 11.2 Å². The Hall–Kier alpha value is -1.75. The molecule has 118 valence electrons. The highest BCUT2D eigenvalue weighted by atomic mass is 32.2. The van der Waals surface area contributed by atoms with Crippen LogP contribution in [0.4, 0.5) is 0 Å². The van der Waals surface area contributed by atoms with Crippen molar-refractivity contribution in [3.05, 3.63) is 42.2 Å². The van der Waals surface area contributed by atoms with E-state index in [1.54, 1.807) is 25.2 Å². The van der Waals surface area contributed by atoms with Crippen LogP contribution in [0.25, 0.3) is 5.69 Å². The van der Waals surface area contributed by atoms with Crippen LogP contribution < -0.4 is 0 Å². The fourth-order valence-corrected chi connectivity index (χ4v) is 3.35. The first kappa shape index (κ1) is 16.6. The Bertz CT molecular complexity index is 649. The molecule has 1 aromatic carbocycles. The van der Waals surface area contributed by atoms with Crippen LogP contribution in [0.15, 0.2) is 41.8 Å². The lowest BCUT2D eigenvalue weighted by atomic mass is 10.0. The van der Waals surface area contributed by atoms with Crippen LogP contribution in [0.2, 0.25) is 0 Å². The number of carbonyl (C=O) groups is 1. The van der Waals surface area contributed by atoms with Crippen LogP contribution in [0.5, 0.6) is 0 Å². The van der Waals surface area contributed by atoms with Crippen LogP contribution >= 0.6 is 11.8 Å². The van der Waals surface area contributed by atoms with Gasteiger partial charge in [-0.3, -0.25) is 9.36 Å². The molecule has 0 aliphatic heterocycles. The van der Waals surface area contributed by atoms with Crippen LogP contribution in [0.1, 0.15) is 32.3 Å². The first-order chi connectivity index (χ1) is 10.4. The maximum absolute atomic E-state index is 12.1. The van der Waals surface area contributed by atoms with Crippen LogP contribution in [0.3, 0.4) is 0 Å². The zero-order chi connectivity index (χ0) is 16.3. The van der Waals surface area contributed by atoms with Crippen molar-refractivity contribution in [2.24, 2.45) is 0 Å². The van der Waals surface area contributed by atoms with Crippen LogP contribution in [-0.2, 0) is 4.79 Å². The van der Waals surface area contributed by atoms with E-state index in [1.165, 1.54) is 17.3 Å². The molecule has 5 heteroatoms. The fraction of sp³-hybridized carbons (Fsp3) is 0.412. The number of benzene rings is 1. The van der Waals surface area contributed by atoms with E-state index in [9.17, 15) is 4.79 Å². The summed E-state index contributed by atoms with van der Waals surface area (Å²) in [6.07, 6.45) is 3.74. The highest BCUT2D eigenvalue weighted by Crippen LogP contribution is 2.29. The zero-order valence-corrected chi connectivity index (χ0v) is 14.6. The average Bonchev–Trinajstić information content (AvgIpc) is 2.94. The molecule has 1 amide bonds. The van der Waals surface area contributed by atoms with Gasteiger partial charge in [-0.25, -0.2) is 4.98 Å². The molecule has 0 bridgehead atoms. The molecule has 0 saturated heterocycles. The highest BCUT2D eigenvalue weighted by Gasteiger charge is 2.20. The predicted molar refractivity (Wildman–Crippen MR) is 91.7 cm³/mol. The van der Waals surface area contributed by atoms with Gasteiger partial charge in [0.2, 0.25) is 5.91 Å². The Morgan fingerprint density at radius 3 is 2.55 bits per heavy atom. The summed E-state index contributed by atoms with van der Waals surface area (Å²) in [6, 6.07) is 8.33. The molecule has 2 aromatic rings. The van der Waals surface area contributed by atoms with Crippen molar-refractivity contribution < 1.29 is 4.79 Å². The third kappa shape index (κ3) is 3.53. The number of nitrogens with zero attached hydrogens (tertiary/aromatic N) is 3. The quantitative estimate of drug-likeness (QED) is 0.791. The van der Waals surface area contributed by atoms with Gasteiger partial charge >= 0.3 is 0 Å². The van der Waals surface area contributed by atoms with Gasteiger partial charge in [-0.2, -0.15) is 0 Å². The second-order valence-electron chi connectivity index (χ2n) is 5.79. The first-order valence-corrected chi connectivity index (χ1v) is 8.30. The van der Waals surface area contributed by atoms with Crippen molar-refractivity contribution in [3.8, 4) is 5.69 Å². The van der Waals surface area contributed by atoms with Crippen molar-refractivity contribution in [3.63, 3.8) is 0 Å². The van der Waals surface area contributed by atoms with Gasteiger partial charge in [0.1, 0.15) is 0 Å². The number of hydrogen-bond donors (Lipinski definition) is 0. The summed E-state index contributed by atoms with van der Waals surface area (Å²) in [7, 11) is 3.56. The normalized spacial score (nSPS) is 12.5. The monoisotopic (exact) mass is 317 g/mol. The van der Waals surface area contributed by atoms with Crippen LogP contribution in [0, 0.1) is 0 Å². The minimum absolute atomic E-state index is 0.0942. The summed E-state index contributed by atoms with van der Waals surface area (Å²) in [5.41, 5.74) is 2.40. The molecule has 1 heterocycles. The molecule has 0 fully saturated rings. The molecule has 0 aliphatic rings. The van der Waals surface area contributed by atoms with Gasteiger partial charge in [0, 0.05) is 26.5 Å². The molecule has 0 unspecified atom stereocenters. The lowest BCUT2D eigenvalue weighted by Gasteiger charge is -2.18. The van der Waals surface area contributed by atoms with Crippen molar-refractivity contribution in [1.82, 2.24) is 14.5 Å². The summed E-state index contributed by atoms with van der Waals surface area (Å²) in [5.74, 6) is 0.522. The average molecular weight is 317 g/mol. The SMILES string of the molecule is CC(C)c1ccccc1-n1ccnc1S[C@H](C)C(=O)N(C)C. The second-order valence-corrected chi connectivity index (χ2v) is 7.09. The molecule has 2 rings (SSSR count). The number of para-hydroxylation sites is 1. The number of hydrogen-bond acceptors (Lipinski definition) is 3. The smallest absolute Gasteiger partial charge is 0.235 e. The molecule has 0 radical (unpaired) electrons. The molecule has 1 atom stereocenters. The second kappa shape index (κ2) is 7.01. The number of carbonyl (C=O) groups excluding carboxylic acids is 1. The molecule has 1 aromatic heterocycles. The zero-order valence-electron chi connectivity index (χ0n) is 13.8. The van der Waals surface area contributed by atoms with E-state index in [1.807, 2.05) is 19.2 Å². The third-order valence-electron chi connectivity index (χ3n) is 3.50. The van der Waals surface area contributed by atoms with Crippen molar-refractivity contribution in [1.29, 1.82) is 0 Å². The molecule has 0 saturated carbocycles. The minimum Gasteiger partial charge on any atom is -0.348 e. The van der Waals surface area contributed by atoms with Crippen molar-refractivity contribution >= 4 is 17.7 Å². The Labute approximate surface area is 136 Å². The van der Waals surface area contributed by atoms with Gasteiger partial charge in [-0.05, 0) is 24.5 Å². The molecular weight excluding hydrogens is 294 g/mol. The van der Waals surface area contributed by atoms with E-state index in [4.69, 9.17) is 0 Å². The Balaban J connectivity index is 2.33. The standard InChI is InChI=1S/C17H23N3OS/c1-12(2)14-8-6-7-9-15(14)20-11-10-18-17(20)22-13(3)16(21)19(4)5/h6-13H,1-5H3/t13-/m1/s1. The van der Waals surface area contributed by atoms with Gasteiger partial charge in [-0.1, -0.05) is 43.8 Å². The molecule has 0 spiro atoms. The Kier molecular flexibility index (Phi) is 5.29. The van der Waals surface area contributed by atoms with E-state index in [2.05, 4.69) is 41.6 Å². The number of thioether (sulfide) groups is 1. The van der Waals surface area contributed by atoms with Crippen molar-refractivity contribution in [2.45, 2.75) is 37.1 Å². The van der Waals surface area contributed by atoms with Gasteiger partial charge < -0.3 is 4.90 Å². The first-order valence-electron chi connectivity index (χ1n) is 7.42. The summed E-state index contributed by atoms with van der Waals surface area (Å²) < 4.78 is 2.07. The summed E-state index contributed by atoms with van der Waals surface area (Å²) in [6.45, 7) is 6.28. The van der Waals surface area contributed by atoms with Crippen LogP contribution in [-0.4, -0.2) is 39.7 Å². The van der Waals surface area contributed by atoms with E-state index < -0.39 is 0 Å². The Morgan fingerprint density at radius 2 is 1.91 bits per heavy atom. The lowest BCUT2D eigenvalue weighted by Crippen LogP contribution is -2.29. The third-order valence-corrected chi connectivity index (χ3v) is 4.56. The number of amides is 1. The van der Waals surface area contributed by atoms with E-state index in [0.717, 1.165) is 10.8 Å². The van der Waals surface area contributed by atoms with Gasteiger partial charge in [0.15, 0.2) is 5.16 Å². The fourth-order valence-electron chi connectivity index (χ4n) is 2.33.